The first-order valence-electron chi connectivity index (χ1n) is 10.8. The number of imide groups is 1. The Labute approximate surface area is 198 Å². The average molecular weight is 460 g/mol. The Morgan fingerprint density at radius 3 is 2.17 bits per heavy atom. The highest BCUT2D eigenvalue weighted by Gasteiger charge is 2.37. The predicted molar refractivity (Wildman–Crippen MR) is 130 cm³/mol. The maximum absolute atomic E-state index is 13.2. The average Bonchev–Trinajstić information content (AvgIpc) is 3.14. The van der Waals surface area contributed by atoms with Gasteiger partial charge in [0, 0.05) is 5.56 Å². The topological polar surface area (TPSA) is 89.7 Å². The van der Waals surface area contributed by atoms with Crippen molar-refractivity contribution >= 4 is 28.4 Å². The van der Waals surface area contributed by atoms with E-state index in [-0.39, 0.29) is 17.0 Å². The van der Waals surface area contributed by atoms with E-state index >= 15 is 0 Å². The standard InChI is InChI=1S/C28H16N2O5/c31-26-21-15-10-17(25-29-24-9-5-4-8-22(24)28(33)35-25)16-23(21)27(32)30(26)18-11-13-20(14-12-18)34-19-6-2-1-3-7-19/h1-16H. The summed E-state index contributed by atoms with van der Waals surface area (Å²) < 4.78 is 11.2. The first-order valence-corrected chi connectivity index (χ1v) is 10.8. The van der Waals surface area contributed by atoms with Gasteiger partial charge in [0.2, 0.25) is 5.89 Å². The van der Waals surface area contributed by atoms with E-state index in [9.17, 15) is 14.4 Å². The lowest BCUT2D eigenvalue weighted by Gasteiger charge is -2.14. The van der Waals surface area contributed by atoms with Crippen molar-refractivity contribution in [1.29, 1.82) is 0 Å². The maximum Gasteiger partial charge on any atom is 0.347 e. The Hall–Kier alpha value is -5.04. The maximum atomic E-state index is 13.2. The first kappa shape index (κ1) is 20.6. The molecule has 1 aliphatic heterocycles. The lowest BCUT2D eigenvalue weighted by molar-refractivity contribution is 0.0926. The van der Waals surface area contributed by atoms with Gasteiger partial charge in [0.05, 0.1) is 27.7 Å². The molecule has 5 aromatic rings. The minimum atomic E-state index is -0.520. The van der Waals surface area contributed by atoms with Crippen LogP contribution in [0.1, 0.15) is 20.7 Å². The molecule has 1 aromatic heterocycles. The molecule has 6 rings (SSSR count). The smallest absolute Gasteiger partial charge is 0.347 e. The van der Waals surface area contributed by atoms with E-state index in [2.05, 4.69) is 4.98 Å². The fourth-order valence-corrected chi connectivity index (χ4v) is 4.04. The van der Waals surface area contributed by atoms with Gasteiger partial charge in [0.25, 0.3) is 11.8 Å². The third kappa shape index (κ3) is 3.55. The molecule has 7 nitrogen and oxygen atoms in total. The summed E-state index contributed by atoms with van der Waals surface area (Å²) in [6, 6.07) is 27.6. The highest BCUT2D eigenvalue weighted by molar-refractivity contribution is 6.34. The van der Waals surface area contributed by atoms with Gasteiger partial charge in [-0.1, -0.05) is 30.3 Å². The largest absolute Gasteiger partial charge is 0.457 e. The lowest BCUT2D eigenvalue weighted by atomic mass is 10.1. The van der Waals surface area contributed by atoms with Crippen LogP contribution in [-0.4, -0.2) is 16.8 Å². The number of aromatic nitrogens is 1. The summed E-state index contributed by atoms with van der Waals surface area (Å²) in [7, 11) is 0. The lowest BCUT2D eigenvalue weighted by Crippen LogP contribution is -2.29. The van der Waals surface area contributed by atoms with E-state index in [0.29, 0.717) is 33.7 Å². The normalized spacial score (nSPS) is 12.7. The van der Waals surface area contributed by atoms with Gasteiger partial charge in [-0.25, -0.2) is 14.7 Å². The zero-order valence-corrected chi connectivity index (χ0v) is 18.2. The minimum Gasteiger partial charge on any atom is -0.457 e. The van der Waals surface area contributed by atoms with E-state index in [1.54, 1.807) is 60.7 Å². The van der Waals surface area contributed by atoms with E-state index < -0.39 is 17.4 Å². The molecule has 0 atom stereocenters. The summed E-state index contributed by atoms with van der Waals surface area (Å²) in [4.78, 5) is 44.1. The van der Waals surface area contributed by atoms with Crippen LogP contribution < -0.4 is 15.3 Å². The van der Waals surface area contributed by atoms with Gasteiger partial charge in [-0.15, -0.1) is 0 Å². The van der Waals surface area contributed by atoms with Crippen molar-refractivity contribution in [2.24, 2.45) is 0 Å². The number of nitrogens with zero attached hydrogens (tertiary/aromatic N) is 2. The molecule has 0 aliphatic carbocycles. The molecule has 0 unspecified atom stereocenters. The number of hydrogen-bond donors (Lipinski definition) is 0. The van der Waals surface area contributed by atoms with Gasteiger partial charge in [-0.3, -0.25) is 9.59 Å². The van der Waals surface area contributed by atoms with Crippen molar-refractivity contribution in [3.63, 3.8) is 0 Å². The van der Waals surface area contributed by atoms with Crippen molar-refractivity contribution in [2.45, 2.75) is 0 Å². The van der Waals surface area contributed by atoms with E-state index in [1.807, 2.05) is 30.3 Å². The summed E-state index contributed by atoms with van der Waals surface area (Å²) >= 11 is 0. The molecule has 4 aromatic carbocycles. The van der Waals surface area contributed by atoms with Crippen molar-refractivity contribution < 1.29 is 18.7 Å². The van der Waals surface area contributed by atoms with Gasteiger partial charge in [0.15, 0.2) is 0 Å². The first-order chi connectivity index (χ1) is 17.1. The second-order valence-electron chi connectivity index (χ2n) is 7.94. The Balaban J connectivity index is 1.31. The SMILES string of the molecule is O=C1c2ccc(-c3nc4ccccc4c(=O)o3)cc2C(=O)N1c1ccc(Oc2ccccc2)cc1. The van der Waals surface area contributed by atoms with Gasteiger partial charge in [-0.05, 0) is 66.7 Å². The number of para-hydroxylation sites is 2. The van der Waals surface area contributed by atoms with Crippen LogP contribution in [0.4, 0.5) is 5.69 Å². The van der Waals surface area contributed by atoms with Gasteiger partial charge in [-0.2, -0.15) is 0 Å². The van der Waals surface area contributed by atoms with Crippen LogP contribution in [0, 0.1) is 0 Å². The number of ether oxygens (including phenoxy) is 1. The number of benzene rings is 4. The number of hydrogen-bond acceptors (Lipinski definition) is 6. The van der Waals surface area contributed by atoms with Crippen molar-refractivity contribution in [3.8, 4) is 23.0 Å². The molecule has 0 saturated heterocycles. The van der Waals surface area contributed by atoms with Gasteiger partial charge >= 0.3 is 5.63 Å². The fourth-order valence-electron chi connectivity index (χ4n) is 4.04. The number of fused-ring (bicyclic) bond motifs is 2. The molecule has 0 fully saturated rings. The fraction of sp³-hybridized carbons (Fsp3) is 0. The summed E-state index contributed by atoms with van der Waals surface area (Å²) in [6.07, 6.45) is 0. The molecule has 0 bridgehead atoms. The number of carbonyl (C=O) groups excluding carboxylic acids is 2. The van der Waals surface area contributed by atoms with Crippen LogP contribution >= 0.6 is 0 Å². The summed E-state index contributed by atoms with van der Waals surface area (Å²) in [5.74, 6) is 0.448. The minimum absolute atomic E-state index is 0.0811. The van der Waals surface area contributed by atoms with Crippen LogP contribution in [0.5, 0.6) is 11.5 Å². The third-order valence-electron chi connectivity index (χ3n) is 5.74. The van der Waals surface area contributed by atoms with Crippen molar-refractivity contribution in [1.82, 2.24) is 4.98 Å². The third-order valence-corrected chi connectivity index (χ3v) is 5.74. The summed E-state index contributed by atoms with van der Waals surface area (Å²) in [6.45, 7) is 0. The summed E-state index contributed by atoms with van der Waals surface area (Å²) in [5.41, 5.74) is 1.31. The van der Waals surface area contributed by atoms with Gasteiger partial charge < -0.3 is 9.15 Å². The van der Waals surface area contributed by atoms with E-state index in [1.165, 1.54) is 6.07 Å². The van der Waals surface area contributed by atoms with E-state index in [0.717, 1.165) is 4.90 Å². The zero-order chi connectivity index (χ0) is 23.9. The number of amides is 2. The molecule has 35 heavy (non-hydrogen) atoms. The molecule has 0 N–H and O–H groups in total. The molecule has 7 heteroatoms. The Kier molecular flexibility index (Phi) is 4.74. The van der Waals surface area contributed by atoms with Crippen molar-refractivity contribution in [2.75, 3.05) is 4.90 Å². The Bertz CT molecular complexity index is 1670. The Morgan fingerprint density at radius 1 is 0.686 bits per heavy atom. The molecule has 0 spiro atoms. The summed E-state index contributed by atoms with van der Waals surface area (Å²) in [5, 5.41) is 0.370. The van der Waals surface area contributed by atoms with Crippen molar-refractivity contribution in [3.05, 3.63) is 119 Å². The second-order valence-corrected chi connectivity index (χ2v) is 7.94. The Morgan fingerprint density at radius 2 is 1.37 bits per heavy atom. The monoisotopic (exact) mass is 460 g/mol. The second kappa shape index (κ2) is 8.07. The highest BCUT2D eigenvalue weighted by Crippen LogP contribution is 2.33. The molecule has 2 heterocycles. The molecule has 2 amide bonds. The highest BCUT2D eigenvalue weighted by atomic mass is 16.5. The molecule has 0 radical (unpaired) electrons. The zero-order valence-electron chi connectivity index (χ0n) is 18.2. The van der Waals surface area contributed by atoms with Crippen LogP contribution in [0.25, 0.3) is 22.4 Å². The van der Waals surface area contributed by atoms with Gasteiger partial charge in [0.1, 0.15) is 11.5 Å². The van der Waals surface area contributed by atoms with E-state index in [4.69, 9.17) is 9.15 Å². The number of carbonyl (C=O) groups is 2. The molecule has 168 valence electrons. The molecular weight excluding hydrogens is 444 g/mol. The van der Waals surface area contributed by atoms with Crippen LogP contribution in [0.15, 0.2) is 106 Å². The molecular formula is C28H16N2O5. The quantitative estimate of drug-likeness (QED) is 0.332. The number of anilines is 1. The predicted octanol–water partition coefficient (Wildman–Crippen LogP) is 5.45. The molecule has 0 saturated carbocycles. The van der Waals surface area contributed by atoms with Crippen LogP contribution in [-0.2, 0) is 0 Å². The van der Waals surface area contributed by atoms with Crippen LogP contribution in [0.2, 0.25) is 0 Å². The van der Waals surface area contributed by atoms with Crippen LogP contribution in [0.3, 0.4) is 0 Å². The number of rotatable bonds is 4. The molecule has 1 aliphatic rings.